The number of allylic oxidation sites excluding steroid dienone is 1. The van der Waals surface area contributed by atoms with E-state index in [0.717, 1.165) is 4.48 Å². The van der Waals surface area contributed by atoms with Crippen LogP contribution in [-0.2, 0) is 41.1 Å². The van der Waals surface area contributed by atoms with Gasteiger partial charge in [0.2, 0.25) is 5.89 Å². The topological polar surface area (TPSA) is 181 Å². The van der Waals surface area contributed by atoms with Gasteiger partial charge < -0.3 is 18.9 Å². The fraction of sp³-hybridized carbons (Fsp3) is 0.691. The summed E-state index contributed by atoms with van der Waals surface area (Å²) >= 11 is 1.02. The summed E-state index contributed by atoms with van der Waals surface area (Å²) in [5.74, 6) is -2.30. The van der Waals surface area contributed by atoms with Crippen molar-refractivity contribution in [3.63, 3.8) is 0 Å². The molecule has 73 heavy (non-hydrogen) atoms. The molecular formula is C55H94BrN5O9Si2Sn. The number of ether oxygens (including phenoxy) is 2. The van der Waals surface area contributed by atoms with Gasteiger partial charge in [-0.1, -0.05) is 56.3 Å². The summed E-state index contributed by atoms with van der Waals surface area (Å²) in [7, 11) is -4.68. The number of carbonyl (C=O) groups is 5. The Morgan fingerprint density at radius 3 is 2.01 bits per heavy atom. The Labute approximate surface area is 454 Å². The first-order valence-electron chi connectivity index (χ1n) is 26.7. The van der Waals surface area contributed by atoms with Crippen molar-refractivity contribution in [3.05, 3.63) is 62.7 Å². The van der Waals surface area contributed by atoms with Gasteiger partial charge in [0.15, 0.2) is 14.0 Å². The average molecular weight is 1220 g/mol. The number of carbonyl (C=O) groups excluding carboxylic acids is 5. The first kappa shape index (κ1) is 66.0. The van der Waals surface area contributed by atoms with Crippen LogP contribution in [0.5, 0.6) is 0 Å². The summed E-state index contributed by atoms with van der Waals surface area (Å²) in [6, 6.07) is -1.30. The van der Waals surface area contributed by atoms with Gasteiger partial charge in [0.25, 0.3) is 5.91 Å². The van der Waals surface area contributed by atoms with E-state index < -0.39 is 76.6 Å². The van der Waals surface area contributed by atoms with Crippen LogP contribution in [0.2, 0.25) is 51.1 Å². The molecule has 0 saturated heterocycles. The predicted octanol–water partition coefficient (Wildman–Crippen LogP) is 12.6. The van der Waals surface area contributed by atoms with E-state index in [9.17, 15) is 24.0 Å². The zero-order chi connectivity index (χ0) is 55.5. The Morgan fingerprint density at radius 1 is 0.918 bits per heavy atom. The third-order valence-electron chi connectivity index (χ3n) is 13.2. The van der Waals surface area contributed by atoms with Gasteiger partial charge in [0, 0.05) is 19.0 Å². The zero-order valence-electron chi connectivity index (χ0n) is 48.0. The van der Waals surface area contributed by atoms with Crippen molar-refractivity contribution in [2.75, 3.05) is 6.54 Å². The number of amides is 2. The van der Waals surface area contributed by atoms with E-state index in [1.165, 1.54) is 75.0 Å². The van der Waals surface area contributed by atoms with Crippen LogP contribution >= 0.6 is 15.9 Å². The minimum atomic E-state index is -2.49. The molecule has 1 unspecified atom stereocenters. The average Bonchev–Trinajstić information content (AvgIpc) is 3.93. The molecule has 0 spiro atoms. The van der Waals surface area contributed by atoms with Crippen molar-refractivity contribution in [3.8, 4) is 0 Å². The number of oxazole rings is 1. The van der Waals surface area contributed by atoms with Gasteiger partial charge >= 0.3 is 202 Å². The first-order chi connectivity index (χ1) is 33.8. The molecule has 2 aromatic heterocycles. The maximum absolute atomic E-state index is 14.5. The normalized spacial score (nSPS) is 14.9. The van der Waals surface area contributed by atoms with E-state index >= 15 is 0 Å². The van der Waals surface area contributed by atoms with Gasteiger partial charge in [-0.25, -0.2) is 19.3 Å². The molecule has 0 aliphatic carbocycles. The van der Waals surface area contributed by atoms with E-state index in [2.05, 4.69) is 101 Å². The van der Waals surface area contributed by atoms with Gasteiger partial charge in [-0.2, -0.15) is 0 Å². The molecule has 0 aliphatic rings. The van der Waals surface area contributed by atoms with Gasteiger partial charge in [0.05, 0.1) is 18.2 Å². The molecule has 2 N–H and O–H groups in total. The standard InChI is InChI=1S/C43H67BrN5O9Si2.3C4H9.Sn/c1-17-20-45-34(51)19-18-28(4)37(27(2)3)56-39(53)33(22-30-25-49(26-46-30)41(54)57-42(6,7)8)47-38(52)36-40(59(12,13)14)55-35(48-36)24-31(50)23-32(21-29(5)44)58-60(15,16)43(9,10)11;3*1-3-4-2;/h1,17-19,21,25-28,32-33,37H,20,22-24H2,2-16H3,(H,45,51)(H,47,52);3*1,3-4H2,2H3;/b17-1?,19-18+,29-21+;;;;/t28-,32-,33?,37-;;;;/m1..../s1. The number of halogens is 1. The third-order valence-corrected chi connectivity index (χ3v) is 33.9. The second kappa shape index (κ2) is 30.0. The number of unbranched alkanes of at least 4 members (excludes halogenated alkanes) is 3. The van der Waals surface area contributed by atoms with E-state index in [1.807, 2.05) is 53.4 Å². The summed E-state index contributed by atoms with van der Waals surface area (Å²) < 4.78 is 33.3. The van der Waals surface area contributed by atoms with Crippen LogP contribution in [0, 0.1) is 11.8 Å². The van der Waals surface area contributed by atoms with E-state index in [1.54, 1.807) is 26.8 Å². The van der Waals surface area contributed by atoms with Gasteiger partial charge in [-0.15, -0.1) is 0 Å². The number of Topliss-reactive ketones (excluding diaryl/α,β-unsaturated/α-hetero) is 1. The third kappa shape index (κ3) is 23.3. The van der Waals surface area contributed by atoms with Crippen LogP contribution in [0.3, 0.4) is 0 Å². The number of rotatable bonds is 30. The van der Waals surface area contributed by atoms with Crippen LogP contribution < -0.4 is 16.0 Å². The number of hydrogen-bond acceptors (Lipinski definition) is 11. The molecule has 4 atom stereocenters. The number of nitrogens with zero attached hydrogens (tertiary/aromatic N) is 3. The molecule has 0 aromatic carbocycles. The van der Waals surface area contributed by atoms with Crippen molar-refractivity contribution in [1.29, 1.82) is 0 Å². The molecular weight excluding hydrogens is 1130 g/mol. The van der Waals surface area contributed by atoms with Crippen molar-refractivity contribution in [2.45, 2.75) is 223 Å². The first-order valence-corrected chi connectivity index (χ1v) is 41.6. The van der Waals surface area contributed by atoms with Crippen LogP contribution in [-0.4, -0.2) is 109 Å². The second-order valence-corrected chi connectivity index (χ2v) is 47.8. The molecule has 2 rings (SSSR count). The molecule has 412 valence electrons. The predicted molar refractivity (Wildman–Crippen MR) is 306 cm³/mol. The number of aromatic nitrogens is 3. The number of ketones is 1. The van der Waals surface area contributed by atoms with Crippen LogP contribution in [0.1, 0.15) is 157 Å². The quantitative estimate of drug-likeness (QED) is 0.0432. The van der Waals surface area contributed by atoms with Gasteiger partial charge in [-0.05, 0) is 56.4 Å². The van der Waals surface area contributed by atoms with Gasteiger partial charge in [0.1, 0.15) is 31.2 Å². The van der Waals surface area contributed by atoms with Crippen LogP contribution in [0.25, 0.3) is 0 Å². The Morgan fingerprint density at radius 2 is 1.51 bits per heavy atom. The summed E-state index contributed by atoms with van der Waals surface area (Å²) in [6.07, 6.45) is 15.4. The molecule has 14 nitrogen and oxygen atoms in total. The molecule has 0 saturated carbocycles. The van der Waals surface area contributed by atoms with E-state index in [-0.39, 0.29) is 59.4 Å². The number of nitrogens with one attached hydrogen (secondary N) is 2. The molecule has 18 heteroatoms. The van der Waals surface area contributed by atoms with E-state index in [0.29, 0.717) is 17.6 Å². The second-order valence-electron chi connectivity index (χ2n) is 23.8. The van der Waals surface area contributed by atoms with Crippen molar-refractivity contribution in [1.82, 2.24) is 25.2 Å². The van der Waals surface area contributed by atoms with Crippen LogP contribution in [0.15, 0.2) is 49.8 Å². The number of imidazole rings is 1. The minimum absolute atomic E-state index is 0.0148. The van der Waals surface area contributed by atoms with Crippen molar-refractivity contribution in [2.24, 2.45) is 11.8 Å². The molecule has 0 aliphatic heterocycles. The van der Waals surface area contributed by atoms with Crippen LogP contribution in [0.4, 0.5) is 4.79 Å². The number of esters is 1. The molecule has 2 heterocycles. The van der Waals surface area contributed by atoms with Crippen molar-refractivity contribution >= 4 is 85.7 Å². The SMILES string of the molecule is CCC[CH2][Sn](/[CH]=C/CNC(=O)/C=C/[C@@H](C)[C@H](OC(=O)C(Cc1cn(C(=O)OC(C)(C)C)cn1)NC(=O)c1nc(CC(=O)C[C@@H](/C=C(\C)Br)O[Si](C)(C)C(C)(C)C)oc1[Si](C)(C)C)C(C)C)([CH2]CCC)[CH2]CCC. The van der Waals surface area contributed by atoms with E-state index in [4.69, 9.17) is 18.3 Å². The molecule has 0 radical (unpaired) electrons. The monoisotopic (exact) mass is 1220 g/mol. The fourth-order valence-corrected chi connectivity index (χ4v) is 25.4. The summed E-state index contributed by atoms with van der Waals surface area (Å²) in [4.78, 5) is 77.8. The molecule has 0 fully saturated rings. The van der Waals surface area contributed by atoms with Gasteiger partial charge in [-0.3, -0.25) is 9.59 Å². The zero-order valence-corrected chi connectivity index (χ0v) is 54.5. The number of hydrogen-bond donors (Lipinski definition) is 2. The van der Waals surface area contributed by atoms with Crippen molar-refractivity contribution < 1.29 is 42.3 Å². The molecule has 2 aromatic rings. The maximum atomic E-state index is 14.5. The fourth-order valence-electron chi connectivity index (χ4n) is 8.18. The summed E-state index contributed by atoms with van der Waals surface area (Å²) in [6.45, 7) is 36.9. The Balaban J connectivity index is 2.45. The molecule has 0 bridgehead atoms. The summed E-state index contributed by atoms with van der Waals surface area (Å²) in [5.41, 5.74) is -0.464. The Kier molecular flexibility index (Phi) is 27.1. The Hall–Kier alpha value is -3.14. The summed E-state index contributed by atoms with van der Waals surface area (Å²) in [5, 5.41) is 6.19. The Bertz CT molecular complexity index is 2170. The molecule has 2 amide bonds.